The van der Waals surface area contributed by atoms with Crippen molar-refractivity contribution in [2.45, 2.75) is 0 Å². The highest BCUT2D eigenvalue weighted by Crippen LogP contribution is 2.28. The van der Waals surface area contributed by atoms with Crippen molar-refractivity contribution in [3.05, 3.63) is 24.3 Å². The van der Waals surface area contributed by atoms with Gasteiger partial charge in [0.25, 0.3) is 0 Å². The maximum absolute atomic E-state index is 11.8. The van der Waals surface area contributed by atoms with E-state index in [0.29, 0.717) is 11.4 Å². The minimum atomic E-state index is -3.37. The van der Waals surface area contributed by atoms with Crippen LogP contribution in [-0.4, -0.2) is 34.2 Å². The third-order valence-corrected chi connectivity index (χ3v) is 4.34. The quantitative estimate of drug-likeness (QED) is 0.760. The van der Waals surface area contributed by atoms with Gasteiger partial charge in [-0.15, -0.1) is 11.6 Å². The molecule has 0 saturated carbocycles. The summed E-state index contributed by atoms with van der Waals surface area (Å²) in [5.74, 6) is 0.494. The third kappa shape index (κ3) is 2.80. The second-order valence-electron chi connectivity index (χ2n) is 3.14. The number of sulfonamides is 1. The van der Waals surface area contributed by atoms with Crippen LogP contribution in [0.5, 0.6) is 5.75 Å². The van der Waals surface area contributed by atoms with Crippen LogP contribution in [-0.2, 0) is 10.0 Å². The van der Waals surface area contributed by atoms with Crippen LogP contribution in [0.15, 0.2) is 24.3 Å². The topological polar surface area (TPSA) is 46.6 Å². The number of methoxy groups -OCH3 is 1. The van der Waals surface area contributed by atoms with Gasteiger partial charge in [-0.05, 0) is 12.1 Å². The molecule has 0 saturated heterocycles. The summed E-state index contributed by atoms with van der Waals surface area (Å²) in [4.78, 5) is 0. The molecule has 0 aromatic heterocycles. The van der Waals surface area contributed by atoms with Crippen LogP contribution in [0.3, 0.4) is 0 Å². The first-order valence-electron chi connectivity index (χ1n) is 4.68. The number of halogens is 1. The molecule has 1 rings (SSSR count). The Hall–Kier alpha value is -0.940. The smallest absolute Gasteiger partial charge is 0.236 e. The SMILES string of the molecule is COc1ccccc1N(C)S(=O)(=O)CCCl. The Morgan fingerprint density at radius 3 is 2.56 bits per heavy atom. The van der Waals surface area contributed by atoms with Crippen LogP contribution < -0.4 is 9.04 Å². The van der Waals surface area contributed by atoms with Crippen molar-refractivity contribution >= 4 is 27.3 Å². The van der Waals surface area contributed by atoms with Gasteiger partial charge in [-0.25, -0.2) is 8.42 Å². The molecule has 0 N–H and O–H groups in total. The highest BCUT2D eigenvalue weighted by atomic mass is 35.5. The van der Waals surface area contributed by atoms with E-state index in [1.54, 1.807) is 24.3 Å². The summed E-state index contributed by atoms with van der Waals surface area (Å²) in [7, 11) is -0.388. The molecule has 0 amide bonds. The average molecular weight is 264 g/mol. The van der Waals surface area contributed by atoms with Crippen LogP contribution in [0, 0.1) is 0 Å². The van der Waals surface area contributed by atoms with Gasteiger partial charge in [0.1, 0.15) is 5.75 Å². The molecule has 0 aliphatic carbocycles. The summed E-state index contributed by atoms with van der Waals surface area (Å²) in [5.41, 5.74) is 0.509. The second-order valence-corrected chi connectivity index (χ2v) is 5.64. The van der Waals surface area contributed by atoms with Crippen molar-refractivity contribution in [2.75, 3.05) is 30.1 Å². The maximum Gasteiger partial charge on any atom is 0.236 e. The largest absolute Gasteiger partial charge is 0.495 e. The number of alkyl halides is 1. The molecule has 0 aliphatic heterocycles. The third-order valence-electron chi connectivity index (χ3n) is 2.18. The van der Waals surface area contributed by atoms with Gasteiger partial charge in [0.15, 0.2) is 0 Å². The standard InChI is InChI=1S/C10H14ClNO3S/c1-12(16(13,14)8-7-11)9-5-3-4-6-10(9)15-2/h3-6H,7-8H2,1-2H3. The van der Waals surface area contributed by atoms with Gasteiger partial charge in [0.05, 0.1) is 18.6 Å². The van der Waals surface area contributed by atoms with Crippen molar-refractivity contribution in [1.82, 2.24) is 0 Å². The predicted octanol–water partition coefficient (Wildman–Crippen LogP) is 1.70. The van der Waals surface area contributed by atoms with Gasteiger partial charge >= 0.3 is 0 Å². The number of hydrogen-bond acceptors (Lipinski definition) is 3. The molecule has 1 aromatic rings. The molecule has 90 valence electrons. The fourth-order valence-corrected chi connectivity index (χ4v) is 2.78. The van der Waals surface area contributed by atoms with E-state index in [0.717, 1.165) is 0 Å². The van der Waals surface area contributed by atoms with E-state index in [4.69, 9.17) is 16.3 Å². The lowest BCUT2D eigenvalue weighted by molar-refractivity contribution is 0.416. The van der Waals surface area contributed by atoms with Crippen molar-refractivity contribution in [2.24, 2.45) is 0 Å². The highest BCUT2D eigenvalue weighted by molar-refractivity contribution is 7.92. The van der Waals surface area contributed by atoms with E-state index in [-0.39, 0.29) is 11.6 Å². The zero-order chi connectivity index (χ0) is 12.2. The van der Waals surface area contributed by atoms with Crippen molar-refractivity contribution in [1.29, 1.82) is 0 Å². The van der Waals surface area contributed by atoms with Gasteiger partial charge in [-0.1, -0.05) is 12.1 Å². The van der Waals surface area contributed by atoms with E-state index in [1.807, 2.05) is 0 Å². The Morgan fingerprint density at radius 1 is 1.38 bits per heavy atom. The van der Waals surface area contributed by atoms with Crippen molar-refractivity contribution in [3.8, 4) is 5.75 Å². The summed E-state index contributed by atoms with van der Waals surface area (Å²) in [6, 6.07) is 6.93. The van der Waals surface area contributed by atoms with E-state index < -0.39 is 10.0 Å². The van der Waals surface area contributed by atoms with Crippen LogP contribution in [0.4, 0.5) is 5.69 Å². The van der Waals surface area contributed by atoms with Gasteiger partial charge in [0, 0.05) is 12.9 Å². The first-order valence-corrected chi connectivity index (χ1v) is 6.83. The summed E-state index contributed by atoms with van der Waals surface area (Å²) >= 11 is 5.45. The molecule has 0 fully saturated rings. The van der Waals surface area contributed by atoms with Crippen LogP contribution in [0.2, 0.25) is 0 Å². The molecule has 16 heavy (non-hydrogen) atoms. The molecule has 0 radical (unpaired) electrons. The van der Waals surface area contributed by atoms with E-state index in [9.17, 15) is 8.42 Å². The molecule has 0 heterocycles. The Labute approximate surface area is 101 Å². The number of hydrogen-bond donors (Lipinski definition) is 0. The maximum atomic E-state index is 11.8. The monoisotopic (exact) mass is 263 g/mol. The zero-order valence-electron chi connectivity index (χ0n) is 9.18. The van der Waals surface area contributed by atoms with Gasteiger partial charge < -0.3 is 4.74 Å². The highest BCUT2D eigenvalue weighted by Gasteiger charge is 2.20. The number of benzene rings is 1. The fraction of sp³-hybridized carbons (Fsp3) is 0.400. The van der Waals surface area contributed by atoms with E-state index in [2.05, 4.69) is 0 Å². The lowest BCUT2D eigenvalue weighted by atomic mass is 10.3. The van der Waals surface area contributed by atoms with E-state index in [1.165, 1.54) is 18.5 Å². The van der Waals surface area contributed by atoms with Gasteiger partial charge in [0.2, 0.25) is 10.0 Å². The Balaban J connectivity index is 3.09. The molecule has 4 nitrogen and oxygen atoms in total. The lowest BCUT2D eigenvalue weighted by Gasteiger charge is -2.20. The number of nitrogens with zero attached hydrogens (tertiary/aromatic N) is 1. The number of ether oxygens (including phenoxy) is 1. The molecule has 6 heteroatoms. The summed E-state index contributed by atoms with van der Waals surface area (Å²) in [5, 5.41) is 0. The Bertz CT molecular complexity index is 447. The number of para-hydroxylation sites is 2. The first kappa shape index (κ1) is 13.1. The second kappa shape index (κ2) is 5.41. The minimum absolute atomic E-state index is 0.0713. The molecular formula is C10H14ClNO3S. The molecule has 0 unspecified atom stereocenters. The summed E-state index contributed by atoms with van der Waals surface area (Å²) in [6.07, 6.45) is 0. The van der Waals surface area contributed by atoms with Crippen molar-refractivity contribution < 1.29 is 13.2 Å². The molecule has 0 spiro atoms. The van der Waals surface area contributed by atoms with Crippen LogP contribution in [0.1, 0.15) is 0 Å². The summed E-state index contributed by atoms with van der Waals surface area (Å²) in [6.45, 7) is 0. The lowest BCUT2D eigenvalue weighted by Crippen LogP contribution is -2.29. The Morgan fingerprint density at radius 2 is 2.00 bits per heavy atom. The Kier molecular flexibility index (Phi) is 4.44. The van der Waals surface area contributed by atoms with Gasteiger partial charge in [-0.3, -0.25) is 4.31 Å². The van der Waals surface area contributed by atoms with E-state index >= 15 is 0 Å². The molecule has 0 bridgehead atoms. The van der Waals surface area contributed by atoms with Crippen LogP contribution in [0.25, 0.3) is 0 Å². The molecule has 0 aliphatic rings. The minimum Gasteiger partial charge on any atom is -0.495 e. The number of rotatable bonds is 5. The molecule has 1 aromatic carbocycles. The normalized spacial score (nSPS) is 11.2. The summed E-state index contributed by atoms with van der Waals surface area (Å²) < 4.78 is 29.9. The zero-order valence-corrected chi connectivity index (χ0v) is 10.8. The molecule has 0 atom stereocenters. The fourth-order valence-electron chi connectivity index (χ4n) is 1.27. The van der Waals surface area contributed by atoms with Gasteiger partial charge in [-0.2, -0.15) is 0 Å². The average Bonchev–Trinajstić information content (AvgIpc) is 2.28. The van der Waals surface area contributed by atoms with Crippen LogP contribution >= 0.6 is 11.6 Å². The molecular weight excluding hydrogens is 250 g/mol. The number of anilines is 1. The first-order chi connectivity index (χ1) is 7.53. The predicted molar refractivity (Wildman–Crippen MR) is 65.9 cm³/mol. The van der Waals surface area contributed by atoms with Crippen molar-refractivity contribution in [3.63, 3.8) is 0 Å².